The van der Waals surface area contributed by atoms with E-state index in [-0.39, 0.29) is 49.8 Å². The van der Waals surface area contributed by atoms with Gasteiger partial charge in [-0.05, 0) is 0 Å². The van der Waals surface area contributed by atoms with E-state index in [9.17, 15) is 4.79 Å². The number of aromatic nitrogens is 4. The van der Waals surface area contributed by atoms with Crippen molar-refractivity contribution in [1.29, 1.82) is 0 Å². The Morgan fingerprint density at radius 2 is 2.56 bits per heavy atom. The van der Waals surface area contributed by atoms with Crippen LogP contribution in [0.2, 0.25) is 5.32 Å². The maximum atomic E-state index is 11.6. The van der Waals surface area contributed by atoms with Crippen molar-refractivity contribution in [3.63, 3.8) is 0 Å². The topological polar surface area (TPSA) is 119 Å². The summed E-state index contributed by atoms with van der Waals surface area (Å²) in [5.41, 5.74) is 5.81. The second kappa shape index (κ2) is 4.36. The molecule has 18 heavy (non-hydrogen) atoms. The average Bonchev–Trinajstić information content (AvgIpc) is 2.93. The number of nitrogen functional groups attached to an aromatic ring is 1. The van der Waals surface area contributed by atoms with Crippen LogP contribution < -0.4 is 11.3 Å². The SMILES string of the molecule is Nc1nc2c(ncn2[C@H]2C[Se][C@H](CO)O2)c(=O)[nH]1. The van der Waals surface area contributed by atoms with Gasteiger partial charge in [-0.2, -0.15) is 0 Å². The summed E-state index contributed by atoms with van der Waals surface area (Å²) in [5, 5.41) is 9.75. The Hall–Kier alpha value is -1.41. The van der Waals surface area contributed by atoms with Crippen molar-refractivity contribution in [2.24, 2.45) is 0 Å². The molecule has 0 unspecified atom stereocenters. The molecular formula is C9H11N5O3Se. The first-order valence-corrected chi connectivity index (χ1v) is 7.49. The van der Waals surface area contributed by atoms with Crippen LogP contribution in [-0.4, -0.2) is 51.2 Å². The minimum atomic E-state index is -0.363. The molecule has 1 aliphatic heterocycles. The molecule has 0 bridgehead atoms. The van der Waals surface area contributed by atoms with E-state index in [1.54, 1.807) is 4.57 Å². The van der Waals surface area contributed by atoms with Gasteiger partial charge >= 0.3 is 107 Å². The number of hydrogen-bond acceptors (Lipinski definition) is 6. The van der Waals surface area contributed by atoms with Crippen molar-refractivity contribution in [1.82, 2.24) is 19.5 Å². The molecule has 0 aromatic carbocycles. The normalized spacial score (nSPS) is 23.8. The van der Waals surface area contributed by atoms with Gasteiger partial charge in [0.15, 0.2) is 0 Å². The fourth-order valence-electron chi connectivity index (χ4n) is 1.84. The van der Waals surface area contributed by atoms with Crippen LogP contribution in [0, 0.1) is 0 Å². The number of ether oxygens (including phenoxy) is 1. The van der Waals surface area contributed by atoms with E-state index in [2.05, 4.69) is 15.0 Å². The predicted molar refractivity (Wildman–Crippen MR) is 64.1 cm³/mol. The number of nitrogens with one attached hydrogen (secondary N) is 1. The number of aromatic amines is 1. The molecule has 96 valence electrons. The molecular weight excluding hydrogens is 305 g/mol. The number of imidazole rings is 1. The first kappa shape index (κ1) is 11.7. The third-order valence-corrected chi connectivity index (χ3v) is 4.97. The zero-order valence-electron chi connectivity index (χ0n) is 9.24. The van der Waals surface area contributed by atoms with Crippen LogP contribution in [0.15, 0.2) is 11.1 Å². The van der Waals surface area contributed by atoms with E-state index in [1.165, 1.54) is 6.33 Å². The molecule has 8 nitrogen and oxygen atoms in total. The first-order valence-electron chi connectivity index (χ1n) is 5.29. The summed E-state index contributed by atoms with van der Waals surface area (Å²) in [4.78, 5) is 22.1. The Morgan fingerprint density at radius 1 is 1.72 bits per heavy atom. The van der Waals surface area contributed by atoms with Crippen molar-refractivity contribution in [2.45, 2.75) is 16.5 Å². The van der Waals surface area contributed by atoms with Gasteiger partial charge in [-0.25, -0.2) is 0 Å². The van der Waals surface area contributed by atoms with E-state index >= 15 is 0 Å². The fourth-order valence-corrected chi connectivity index (χ4v) is 3.79. The van der Waals surface area contributed by atoms with Crippen molar-refractivity contribution < 1.29 is 9.84 Å². The molecule has 9 heteroatoms. The fraction of sp³-hybridized carbons (Fsp3) is 0.444. The standard InChI is InChI=1S/C9H11N5O3Se/c10-9-12-7-6(8(16)13-9)11-3-14(7)4-2-18-5(1-15)17-4/h3-5,15H,1-2H2,(H3,10,12,13,16)/t4-,5-/m1/s1. The van der Waals surface area contributed by atoms with Crippen molar-refractivity contribution in [2.75, 3.05) is 12.3 Å². The van der Waals surface area contributed by atoms with Gasteiger partial charge < -0.3 is 0 Å². The van der Waals surface area contributed by atoms with E-state index < -0.39 is 0 Å². The number of hydrogen-bond donors (Lipinski definition) is 3. The van der Waals surface area contributed by atoms with Gasteiger partial charge in [-0.3, -0.25) is 0 Å². The van der Waals surface area contributed by atoms with Crippen LogP contribution in [0.1, 0.15) is 6.23 Å². The number of anilines is 1. The molecule has 2 aromatic heterocycles. The van der Waals surface area contributed by atoms with Crippen LogP contribution in [0.25, 0.3) is 11.2 Å². The second-order valence-electron chi connectivity index (χ2n) is 3.81. The van der Waals surface area contributed by atoms with Gasteiger partial charge in [0, 0.05) is 0 Å². The third-order valence-electron chi connectivity index (χ3n) is 2.64. The van der Waals surface area contributed by atoms with Gasteiger partial charge in [0.1, 0.15) is 0 Å². The maximum absolute atomic E-state index is 11.6. The molecule has 1 saturated heterocycles. The number of nitrogens with two attached hydrogens (primary N) is 1. The molecule has 1 aliphatic rings. The minimum absolute atomic E-state index is 0.0132. The average molecular weight is 316 g/mol. The number of aliphatic hydroxyl groups is 1. The van der Waals surface area contributed by atoms with E-state index in [4.69, 9.17) is 15.6 Å². The summed E-state index contributed by atoms with van der Waals surface area (Å²) in [7, 11) is 0. The Balaban J connectivity index is 2.05. The molecule has 1 fully saturated rings. The summed E-state index contributed by atoms with van der Waals surface area (Å²) in [5.74, 6) is 0.0523. The number of rotatable bonds is 2. The van der Waals surface area contributed by atoms with Gasteiger partial charge in [0.05, 0.1) is 0 Å². The zero-order chi connectivity index (χ0) is 12.7. The van der Waals surface area contributed by atoms with Crippen LogP contribution >= 0.6 is 0 Å². The molecule has 0 aliphatic carbocycles. The van der Waals surface area contributed by atoms with E-state index in [0.717, 1.165) is 5.32 Å². The Morgan fingerprint density at radius 3 is 3.28 bits per heavy atom. The molecule has 0 radical (unpaired) electrons. The molecule has 4 N–H and O–H groups in total. The number of nitrogens with zero attached hydrogens (tertiary/aromatic N) is 3. The van der Waals surface area contributed by atoms with E-state index in [0.29, 0.717) is 5.65 Å². The molecule has 2 atom stereocenters. The molecule has 2 aromatic rings. The van der Waals surface area contributed by atoms with Gasteiger partial charge in [-0.15, -0.1) is 0 Å². The quantitative estimate of drug-likeness (QED) is 0.591. The number of H-pyrrole nitrogens is 1. The van der Waals surface area contributed by atoms with Crippen LogP contribution in [-0.2, 0) is 4.74 Å². The molecule has 0 amide bonds. The first-order chi connectivity index (χ1) is 8.69. The molecule has 3 rings (SSSR count). The second-order valence-corrected chi connectivity index (χ2v) is 6.31. The van der Waals surface area contributed by atoms with Crippen LogP contribution in [0.5, 0.6) is 0 Å². The number of fused-ring (bicyclic) bond motifs is 1. The molecule has 3 heterocycles. The van der Waals surface area contributed by atoms with E-state index in [1.807, 2.05) is 0 Å². The van der Waals surface area contributed by atoms with Crippen molar-refractivity contribution in [3.05, 3.63) is 16.7 Å². The summed E-state index contributed by atoms with van der Waals surface area (Å²) in [6, 6.07) is 0. The third kappa shape index (κ3) is 1.81. The summed E-state index contributed by atoms with van der Waals surface area (Å²) >= 11 is 0.211. The van der Waals surface area contributed by atoms with Gasteiger partial charge in [-0.1, -0.05) is 0 Å². The Bertz CT molecular complexity index is 639. The van der Waals surface area contributed by atoms with Gasteiger partial charge in [0.25, 0.3) is 0 Å². The molecule has 0 spiro atoms. The Labute approximate surface area is 107 Å². The zero-order valence-corrected chi connectivity index (χ0v) is 11.0. The van der Waals surface area contributed by atoms with Crippen LogP contribution in [0.3, 0.4) is 0 Å². The molecule has 0 saturated carbocycles. The van der Waals surface area contributed by atoms with Crippen molar-refractivity contribution >= 4 is 32.1 Å². The number of aliphatic hydroxyl groups excluding tert-OH is 1. The Kier molecular flexibility index (Phi) is 2.83. The van der Waals surface area contributed by atoms with Gasteiger partial charge in [0.2, 0.25) is 0 Å². The summed E-state index contributed by atoms with van der Waals surface area (Å²) in [6.45, 7) is 0.0132. The van der Waals surface area contributed by atoms with Crippen molar-refractivity contribution in [3.8, 4) is 0 Å². The predicted octanol–water partition coefficient (Wildman–Crippen LogP) is -1.33. The summed E-state index contributed by atoms with van der Waals surface area (Å²) in [6.07, 6.45) is 1.29. The summed E-state index contributed by atoms with van der Waals surface area (Å²) < 4.78 is 7.34. The van der Waals surface area contributed by atoms with Crippen LogP contribution in [0.4, 0.5) is 5.95 Å². The monoisotopic (exact) mass is 317 g/mol.